The van der Waals surface area contributed by atoms with Crippen molar-refractivity contribution in [3.63, 3.8) is 0 Å². The van der Waals surface area contributed by atoms with E-state index in [-0.39, 0.29) is 5.91 Å². The van der Waals surface area contributed by atoms with Crippen LogP contribution in [-0.2, 0) is 4.79 Å². The van der Waals surface area contributed by atoms with Gasteiger partial charge in [0.05, 0.1) is 7.11 Å². The topological polar surface area (TPSA) is 41.6 Å². The van der Waals surface area contributed by atoms with Gasteiger partial charge in [-0.25, -0.2) is 0 Å². The number of carbonyl (C=O) groups is 1. The molecule has 0 bridgehead atoms. The predicted octanol–water partition coefficient (Wildman–Crippen LogP) is 2.44. The third kappa shape index (κ3) is 3.89. The third-order valence-corrected chi connectivity index (χ3v) is 3.79. The Kier molecular flexibility index (Phi) is 5.27. The fourth-order valence-electron chi connectivity index (χ4n) is 2.60. The lowest BCUT2D eigenvalue weighted by molar-refractivity contribution is -0.121. The van der Waals surface area contributed by atoms with E-state index in [2.05, 4.69) is 22.3 Å². The summed E-state index contributed by atoms with van der Waals surface area (Å²) in [7, 11) is 1.68. The summed E-state index contributed by atoms with van der Waals surface area (Å²) in [4.78, 5) is 13.9. The Morgan fingerprint density at radius 3 is 2.80 bits per heavy atom. The number of methoxy groups -OCH3 is 1. The van der Waals surface area contributed by atoms with Gasteiger partial charge < -0.3 is 15.0 Å². The number of anilines is 1. The molecule has 1 aliphatic heterocycles. The molecule has 110 valence electrons. The van der Waals surface area contributed by atoms with E-state index < -0.39 is 0 Å². The number of rotatable bonds is 6. The number of nitrogens with one attached hydrogen (secondary N) is 1. The first kappa shape index (κ1) is 14.7. The quantitative estimate of drug-likeness (QED) is 0.867. The van der Waals surface area contributed by atoms with Crippen molar-refractivity contribution in [1.29, 1.82) is 0 Å². The van der Waals surface area contributed by atoms with Crippen LogP contribution in [0.2, 0.25) is 0 Å². The largest absolute Gasteiger partial charge is 0.497 e. The van der Waals surface area contributed by atoms with Crippen LogP contribution in [-0.4, -0.2) is 32.7 Å². The molecule has 1 amide bonds. The van der Waals surface area contributed by atoms with Crippen LogP contribution in [0, 0.1) is 5.92 Å². The SMILES string of the molecule is CCCC(=O)NCC1CCN(c2ccc(OC)cc2)C1. The van der Waals surface area contributed by atoms with Gasteiger partial charge in [0, 0.05) is 31.7 Å². The molecular formula is C16H24N2O2. The van der Waals surface area contributed by atoms with Gasteiger partial charge in [-0.15, -0.1) is 0 Å². The van der Waals surface area contributed by atoms with E-state index in [0.29, 0.717) is 12.3 Å². The van der Waals surface area contributed by atoms with Crippen molar-refractivity contribution < 1.29 is 9.53 Å². The van der Waals surface area contributed by atoms with Crippen molar-refractivity contribution in [1.82, 2.24) is 5.32 Å². The summed E-state index contributed by atoms with van der Waals surface area (Å²) in [6.45, 7) is 4.89. The second-order valence-corrected chi connectivity index (χ2v) is 5.35. The van der Waals surface area contributed by atoms with E-state index >= 15 is 0 Å². The highest BCUT2D eigenvalue weighted by molar-refractivity contribution is 5.75. The normalized spacial score (nSPS) is 18.1. The first-order valence-corrected chi connectivity index (χ1v) is 7.38. The summed E-state index contributed by atoms with van der Waals surface area (Å²) >= 11 is 0. The molecule has 1 heterocycles. The standard InChI is InChI=1S/C16H24N2O2/c1-3-4-16(19)17-11-13-9-10-18(12-13)14-5-7-15(20-2)8-6-14/h5-8,13H,3-4,9-12H2,1-2H3,(H,17,19). The molecule has 4 nitrogen and oxygen atoms in total. The molecule has 1 atom stereocenters. The fraction of sp³-hybridized carbons (Fsp3) is 0.562. The second kappa shape index (κ2) is 7.17. The van der Waals surface area contributed by atoms with Gasteiger partial charge in [0.25, 0.3) is 0 Å². The summed E-state index contributed by atoms with van der Waals surface area (Å²) in [5.41, 5.74) is 1.23. The maximum Gasteiger partial charge on any atom is 0.219 e. The Hall–Kier alpha value is -1.71. The highest BCUT2D eigenvalue weighted by Crippen LogP contribution is 2.25. The lowest BCUT2D eigenvalue weighted by Gasteiger charge is -2.19. The van der Waals surface area contributed by atoms with Crippen LogP contribution in [0.25, 0.3) is 0 Å². The van der Waals surface area contributed by atoms with Gasteiger partial charge in [0.15, 0.2) is 0 Å². The van der Waals surface area contributed by atoms with E-state index in [0.717, 1.165) is 38.2 Å². The van der Waals surface area contributed by atoms with Gasteiger partial charge in [-0.1, -0.05) is 6.92 Å². The van der Waals surface area contributed by atoms with E-state index in [4.69, 9.17) is 4.74 Å². The van der Waals surface area contributed by atoms with Crippen molar-refractivity contribution in [3.8, 4) is 5.75 Å². The number of amides is 1. The summed E-state index contributed by atoms with van der Waals surface area (Å²) < 4.78 is 5.17. The minimum Gasteiger partial charge on any atom is -0.497 e. The van der Waals surface area contributed by atoms with Gasteiger partial charge in [-0.3, -0.25) is 4.79 Å². The molecule has 1 aromatic rings. The molecule has 20 heavy (non-hydrogen) atoms. The molecule has 0 aliphatic carbocycles. The van der Waals surface area contributed by atoms with Crippen molar-refractivity contribution >= 4 is 11.6 Å². The van der Waals surface area contributed by atoms with Crippen LogP contribution in [0.4, 0.5) is 5.69 Å². The van der Waals surface area contributed by atoms with E-state index in [1.54, 1.807) is 7.11 Å². The third-order valence-electron chi connectivity index (χ3n) is 3.79. The van der Waals surface area contributed by atoms with E-state index in [1.165, 1.54) is 5.69 Å². The van der Waals surface area contributed by atoms with Crippen LogP contribution in [0.5, 0.6) is 5.75 Å². The average Bonchev–Trinajstić information content (AvgIpc) is 2.94. The van der Waals surface area contributed by atoms with Crippen LogP contribution in [0.3, 0.4) is 0 Å². The van der Waals surface area contributed by atoms with E-state index in [9.17, 15) is 4.79 Å². The molecule has 0 spiro atoms. The van der Waals surface area contributed by atoms with Crippen LogP contribution in [0.15, 0.2) is 24.3 Å². The zero-order valence-corrected chi connectivity index (χ0v) is 12.4. The van der Waals surface area contributed by atoms with Crippen LogP contribution < -0.4 is 15.0 Å². The van der Waals surface area contributed by atoms with Crippen molar-refractivity contribution in [2.75, 3.05) is 31.6 Å². The zero-order chi connectivity index (χ0) is 14.4. The Bertz CT molecular complexity index is 431. The minimum absolute atomic E-state index is 0.176. The molecule has 1 fully saturated rings. The van der Waals surface area contributed by atoms with Gasteiger partial charge in [-0.05, 0) is 43.0 Å². The lowest BCUT2D eigenvalue weighted by Crippen LogP contribution is -2.30. The number of hydrogen-bond acceptors (Lipinski definition) is 3. The number of carbonyl (C=O) groups excluding carboxylic acids is 1. The molecule has 0 radical (unpaired) electrons. The first-order chi connectivity index (χ1) is 9.72. The van der Waals surface area contributed by atoms with Crippen molar-refractivity contribution in [2.45, 2.75) is 26.2 Å². The molecule has 0 saturated carbocycles. The molecule has 1 N–H and O–H groups in total. The molecule has 0 aromatic heterocycles. The number of nitrogens with zero attached hydrogens (tertiary/aromatic N) is 1. The summed E-state index contributed by atoms with van der Waals surface area (Å²) in [6.07, 6.45) is 2.68. The number of ether oxygens (including phenoxy) is 1. The van der Waals surface area contributed by atoms with Gasteiger partial charge in [0.2, 0.25) is 5.91 Å². The highest BCUT2D eigenvalue weighted by Gasteiger charge is 2.22. The monoisotopic (exact) mass is 276 g/mol. The summed E-state index contributed by atoms with van der Waals surface area (Å²) in [6, 6.07) is 8.17. The van der Waals surface area contributed by atoms with Gasteiger partial charge in [0.1, 0.15) is 5.75 Å². The van der Waals surface area contributed by atoms with Crippen LogP contribution in [0.1, 0.15) is 26.2 Å². The molecule has 1 saturated heterocycles. The smallest absolute Gasteiger partial charge is 0.219 e. The van der Waals surface area contributed by atoms with Crippen LogP contribution >= 0.6 is 0 Å². The fourth-order valence-corrected chi connectivity index (χ4v) is 2.60. The maximum absolute atomic E-state index is 11.5. The lowest BCUT2D eigenvalue weighted by atomic mass is 10.1. The Balaban J connectivity index is 1.80. The molecule has 1 aliphatic rings. The molecule has 4 heteroatoms. The second-order valence-electron chi connectivity index (χ2n) is 5.35. The minimum atomic E-state index is 0.176. The van der Waals surface area contributed by atoms with E-state index in [1.807, 2.05) is 19.1 Å². The maximum atomic E-state index is 11.5. The average molecular weight is 276 g/mol. The number of benzene rings is 1. The zero-order valence-electron chi connectivity index (χ0n) is 12.4. The Morgan fingerprint density at radius 2 is 2.15 bits per heavy atom. The number of hydrogen-bond donors (Lipinski definition) is 1. The predicted molar refractivity (Wildman–Crippen MR) is 81.2 cm³/mol. The van der Waals surface area contributed by atoms with Crippen molar-refractivity contribution in [2.24, 2.45) is 5.92 Å². The summed E-state index contributed by atoms with van der Waals surface area (Å²) in [5, 5.41) is 3.03. The molecule has 1 aromatic carbocycles. The summed E-state index contributed by atoms with van der Waals surface area (Å²) in [5.74, 6) is 1.62. The first-order valence-electron chi connectivity index (χ1n) is 7.38. The Morgan fingerprint density at radius 1 is 1.40 bits per heavy atom. The van der Waals surface area contributed by atoms with Gasteiger partial charge in [-0.2, -0.15) is 0 Å². The molecule has 2 rings (SSSR count). The molecular weight excluding hydrogens is 252 g/mol. The van der Waals surface area contributed by atoms with Crippen molar-refractivity contribution in [3.05, 3.63) is 24.3 Å². The molecule has 1 unspecified atom stereocenters. The Labute approximate surface area is 121 Å². The van der Waals surface area contributed by atoms with Gasteiger partial charge >= 0.3 is 0 Å². The highest BCUT2D eigenvalue weighted by atomic mass is 16.5.